The van der Waals surface area contributed by atoms with Gasteiger partial charge < -0.3 is 9.64 Å². The second-order valence-corrected chi connectivity index (χ2v) is 5.17. The summed E-state index contributed by atoms with van der Waals surface area (Å²) in [6.45, 7) is 5.16. The van der Waals surface area contributed by atoms with Gasteiger partial charge in [-0.05, 0) is 31.2 Å². The van der Waals surface area contributed by atoms with Gasteiger partial charge in [0.1, 0.15) is 0 Å². The normalized spacial score (nSPS) is 16.8. The number of rotatable bonds is 3. The van der Waals surface area contributed by atoms with Crippen LogP contribution in [0.1, 0.15) is 17.3 Å². The van der Waals surface area contributed by atoms with Gasteiger partial charge in [-0.25, -0.2) is 0 Å². The molecule has 3 nitrogen and oxygen atoms in total. The maximum Gasteiger partial charge on any atom is 0.187 e. The molecular weight excluding hydrogens is 294 g/mol. The number of halogens is 1. The Labute approximate surface area is 116 Å². The Morgan fingerprint density at radius 2 is 1.89 bits per heavy atom. The number of ketones is 1. The van der Waals surface area contributed by atoms with E-state index in [4.69, 9.17) is 4.74 Å². The van der Waals surface area contributed by atoms with E-state index in [2.05, 4.69) is 20.8 Å². The predicted molar refractivity (Wildman–Crippen MR) is 74.6 cm³/mol. The number of benzene rings is 1. The molecule has 0 spiro atoms. The van der Waals surface area contributed by atoms with Crippen LogP contribution >= 0.6 is 15.9 Å². The summed E-state index contributed by atoms with van der Waals surface area (Å²) >= 11 is 3.36. The van der Waals surface area contributed by atoms with Crippen LogP contribution in [-0.4, -0.2) is 37.0 Å². The minimum atomic E-state index is 0.0477. The molecule has 1 fully saturated rings. The Kier molecular flexibility index (Phi) is 4.55. The predicted octanol–water partition coefficient (Wildman–Crippen LogP) is 2.87. The van der Waals surface area contributed by atoms with Gasteiger partial charge in [-0.2, -0.15) is 0 Å². The van der Waals surface area contributed by atoms with Crippen LogP contribution < -0.4 is 0 Å². The summed E-state index contributed by atoms with van der Waals surface area (Å²) in [6.07, 6.45) is 1.70. The van der Waals surface area contributed by atoms with Crippen LogP contribution in [0.4, 0.5) is 0 Å². The molecule has 0 bridgehead atoms. The van der Waals surface area contributed by atoms with Gasteiger partial charge in [-0.1, -0.05) is 15.9 Å². The Balaban J connectivity index is 2.06. The molecule has 4 heteroatoms. The number of ether oxygens (including phenoxy) is 1. The van der Waals surface area contributed by atoms with Crippen LogP contribution in [0.2, 0.25) is 0 Å². The molecule has 18 heavy (non-hydrogen) atoms. The van der Waals surface area contributed by atoms with Crippen molar-refractivity contribution < 1.29 is 9.53 Å². The molecule has 0 N–H and O–H groups in total. The van der Waals surface area contributed by atoms with E-state index in [1.165, 1.54) is 0 Å². The second-order valence-electron chi connectivity index (χ2n) is 4.26. The van der Waals surface area contributed by atoms with E-state index in [-0.39, 0.29) is 5.78 Å². The fraction of sp³-hybridized carbons (Fsp3) is 0.357. The SMILES string of the molecule is C/C(=C\C(=O)c1ccc(Br)cc1)N1CCOCC1. The van der Waals surface area contributed by atoms with Crippen molar-refractivity contribution >= 4 is 21.7 Å². The van der Waals surface area contributed by atoms with Gasteiger partial charge in [0, 0.05) is 34.9 Å². The van der Waals surface area contributed by atoms with E-state index in [1.807, 2.05) is 31.2 Å². The van der Waals surface area contributed by atoms with Gasteiger partial charge in [-0.3, -0.25) is 4.79 Å². The van der Waals surface area contributed by atoms with Crippen LogP contribution in [-0.2, 0) is 4.74 Å². The largest absolute Gasteiger partial charge is 0.378 e. The molecule has 1 aromatic rings. The first-order valence-electron chi connectivity index (χ1n) is 5.98. The lowest BCUT2D eigenvalue weighted by Gasteiger charge is -2.29. The molecule has 96 valence electrons. The molecule has 1 aromatic carbocycles. The third-order valence-electron chi connectivity index (χ3n) is 2.98. The van der Waals surface area contributed by atoms with E-state index in [1.54, 1.807) is 6.08 Å². The van der Waals surface area contributed by atoms with Crippen molar-refractivity contribution in [3.05, 3.63) is 46.1 Å². The molecule has 1 heterocycles. The summed E-state index contributed by atoms with van der Waals surface area (Å²) < 4.78 is 6.27. The fourth-order valence-corrected chi connectivity index (χ4v) is 2.16. The molecule has 1 saturated heterocycles. The first-order valence-corrected chi connectivity index (χ1v) is 6.77. The Hall–Kier alpha value is -1.13. The monoisotopic (exact) mass is 309 g/mol. The molecule has 0 amide bonds. The molecule has 0 saturated carbocycles. The van der Waals surface area contributed by atoms with Crippen molar-refractivity contribution in [2.45, 2.75) is 6.92 Å². The Morgan fingerprint density at radius 3 is 2.50 bits per heavy atom. The highest BCUT2D eigenvalue weighted by Gasteiger charge is 2.12. The zero-order chi connectivity index (χ0) is 13.0. The zero-order valence-electron chi connectivity index (χ0n) is 10.4. The lowest BCUT2D eigenvalue weighted by molar-refractivity contribution is 0.0534. The molecule has 1 aliphatic rings. The number of allylic oxidation sites excluding steroid dienone is 2. The van der Waals surface area contributed by atoms with Crippen LogP contribution in [0.3, 0.4) is 0 Å². The summed E-state index contributed by atoms with van der Waals surface area (Å²) in [7, 11) is 0. The summed E-state index contributed by atoms with van der Waals surface area (Å²) in [5.41, 5.74) is 1.72. The van der Waals surface area contributed by atoms with Gasteiger partial charge in [0.15, 0.2) is 5.78 Å². The number of carbonyl (C=O) groups excluding carboxylic acids is 1. The average molecular weight is 310 g/mol. The fourth-order valence-electron chi connectivity index (χ4n) is 1.89. The molecular formula is C14H16BrNO2. The quantitative estimate of drug-likeness (QED) is 0.635. The lowest BCUT2D eigenvalue weighted by Crippen LogP contribution is -2.35. The summed E-state index contributed by atoms with van der Waals surface area (Å²) in [5.74, 6) is 0.0477. The molecule has 0 aromatic heterocycles. The van der Waals surface area contributed by atoms with E-state index >= 15 is 0 Å². The van der Waals surface area contributed by atoms with Gasteiger partial charge >= 0.3 is 0 Å². The number of nitrogens with zero attached hydrogens (tertiary/aromatic N) is 1. The van der Waals surface area contributed by atoms with Gasteiger partial charge in [0.25, 0.3) is 0 Å². The zero-order valence-corrected chi connectivity index (χ0v) is 11.9. The number of hydrogen-bond donors (Lipinski definition) is 0. The maximum atomic E-state index is 12.1. The van der Waals surface area contributed by atoms with Crippen molar-refractivity contribution in [1.82, 2.24) is 4.90 Å². The second kappa shape index (κ2) is 6.16. The molecule has 2 rings (SSSR count). The molecule has 0 atom stereocenters. The number of hydrogen-bond acceptors (Lipinski definition) is 3. The minimum absolute atomic E-state index is 0.0477. The van der Waals surface area contributed by atoms with Gasteiger partial charge in [-0.15, -0.1) is 0 Å². The molecule has 1 aliphatic heterocycles. The minimum Gasteiger partial charge on any atom is -0.378 e. The highest BCUT2D eigenvalue weighted by molar-refractivity contribution is 9.10. The van der Waals surface area contributed by atoms with E-state index in [9.17, 15) is 4.79 Å². The smallest absolute Gasteiger partial charge is 0.187 e. The van der Waals surface area contributed by atoms with Crippen molar-refractivity contribution in [3.8, 4) is 0 Å². The van der Waals surface area contributed by atoms with Crippen molar-refractivity contribution in [3.63, 3.8) is 0 Å². The molecule has 0 aliphatic carbocycles. The van der Waals surface area contributed by atoms with E-state index in [0.29, 0.717) is 5.56 Å². The standard InChI is InChI=1S/C14H16BrNO2/c1-11(16-6-8-18-9-7-16)10-14(17)12-2-4-13(15)5-3-12/h2-5,10H,6-9H2,1H3/b11-10+. The maximum absolute atomic E-state index is 12.1. The first kappa shape index (κ1) is 13.3. The topological polar surface area (TPSA) is 29.5 Å². The van der Waals surface area contributed by atoms with Crippen molar-refractivity contribution in [2.75, 3.05) is 26.3 Å². The Morgan fingerprint density at radius 1 is 1.28 bits per heavy atom. The van der Waals surface area contributed by atoms with Crippen LogP contribution in [0.15, 0.2) is 40.5 Å². The average Bonchev–Trinajstić information content (AvgIpc) is 2.40. The Bertz CT molecular complexity index is 447. The van der Waals surface area contributed by atoms with Crippen LogP contribution in [0.5, 0.6) is 0 Å². The third kappa shape index (κ3) is 3.43. The summed E-state index contributed by atoms with van der Waals surface area (Å²) in [5, 5.41) is 0. The van der Waals surface area contributed by atoms with Crippen molar-refractivity contribution in [1.29, 1.82) is 0 Å². The molecule has 0 radical (unpaired) electrons. The van der Waals surface area contributed by atoms with Gasteiger partial charge in [0.05, 0.1) is 13.2 Å². The summed E-state index contributed by atoms with van der Waals surface area (Å²) in [4.78, 5) is 14.2. The third-order valence-corrected chi connectivity index (χ3v) is 3.51. The van der Waals surface area contributed by atoms with Crippen LogP contribution in [0, 0.1) is 0 Å². The highest BCUT2D eigenvalue weighted by Crippen LogP contribution is 2.13. The first-order chi connectivity index (χ1) is 8.66. The number of carbonyl (C=O) groups is 1. The van der Waals surface area contributed by atoms with E-state index in [0.717, 1.165) is 36.5 Å². The lowest BCUT2D eigenvalue weighted by atomic mass is 10.1. The van der Waals surface area contributed by atoms with Crippen molar-refractivity contribution in [2.24, 2.45) is 0 Å². The number of morpholine rings is 1. The van der Waals surface area contributed by atoms with E-state index < -0.39 is 0 Å². The van der Waals surface area contributed by atoms with Gasteiger partial charge in [0.2, 0.25) is 0 Å². The highest BCUT2D eigenvalue weighted by atomic mass is 79.9. The summed E-state index contributed by atoms with van der Waals surface area (Å²) in [6, 6.07) is 7.42. The molecule has 0 unspecified atom stereocenters. The van der Waals surface area contributed by atoms with Crippen LogP contribution in [0.25, 0.3) is 0 Å².